The summed E-state index contributed by atoms with van der Waals surface area (Å²) in [4.78, 5) is 4.92. The van der Waals surface area contributed by atoms with Gasteiger partial charge in [0.2, 0.25) is 0 Å². The molecule has 0 fully saturated rings. The molecule has 24 heavy (non-hydrogen) atoms. The van der Waals surface area contributed by atoms with Gasteiger partial charge in [0.1, 0.15) is 11.4 Å². The van der Waals surface area contributed by atoms with Crippen molar-refractivity contribution in [3.05, 3.63) is 89.5 Å². The van der Waals surface area contributed by atoms with E-state index < -0.39 is 0 Å². The van der Waals surface area contributed by atoms with Gasteiger partial charge in [0.25, 0.3) is 0 Å². The molecule has 3 aromatic carbocycles. The summed E-state index contributed by atoms with van der Waals surface area (Å²) in [7, 11) is 0. The summed E-state index contributed by atoms with van der Waals surface area (Å²) in [5.41, 5.74) is 5.26. The highest BCUT2D eigenvalue weighted by Crippen LogP contribution is 2.38. The molecule has 2 heteroatoms. The highest BCUT2D eigenvalue weighted by molar-refractivity contribution is 6.16. The molecule has 0 radical (unpaired) electrons. The minimum atomic E-state index is 0.520. The number of hydrogen-bond donors (Lipinski definition) is 0. The van der Waals surface area contributed by atoms with Gasteiger partial charge in [0, 0.05) is 11.1 Å². The number of aliphatic imine (C=N–C) groups is 1. The average molecular weight is 313 g/mol. The van der Waals surface area contributed by atoms with E-state index in [1.54, 1.807) is 0 Å². The van der Waals surface area contributed by atoms with Crippen LogP contribution in [-0.4, -0.2) is 5.71 Å². The van der Waals surface area contributed by atoms with Gasteiger partial charge in [-0.1, -0.05) is 62.4 Å². The molecular formula is C22H19NO. The Kier molecular flexibility index (Phi) is 3.66. The van der Waals surface area contributed by atoms with Gasteiger partial charge in [-0.2, -0.15) is 0 Å². The van der Waals surface area contributed by atoms with Gasteiger partial charge < -0.3 is 4.74 Å². The van der Waals surface area contributed by atoms with E-state index in [-0.39, 0.29) is 0 Å². The fraction of sp³-hybridized carbons (Fsp3) is 0.136. The number of nitrogens with zero attached hydrogens (tertiary/aromatic N) is 1. The summed E-state index contributed by atoms with van der Waals surface area (Å²) in [5.74, 6) is 2.15. The van der Waals surface area contributed by atoms with Crippen molar-refractivity contribution >= 4 is 11.4 Å². The molecule has 2 nitrogen and oxygen atoms in total. The van der Waals surface area contributed by atoms with Gasteiger partial charge >= 0.3 is 0 Å². The normalized spacial score (nSPS) is 12.7. The van der Waals surface area contributed by atoms with Crippen molar-refractivity contribution in [3.63, 3.8) is 0 Å². The maximum absolute atomic E-state index is 6.10. The van der Waals surface area contributed by atoms with Crippen LogP contribution in [0, 0.1) is 0 Å². The van der Waals surface area contributed by atoms with E-state index in [1.807, 2.05) is 42.5 Å². The minimum Gasteiger partial charge on any atom is -0.454 e. The Hall–Kier alpha value is -2.87. The maximum Gasteiger partial charge on any atom is 0.153 e. The zero-order valence-corrected chi connectivity index (χ0v) is 13.9. The van der Waals surface area contributed by atoms with Gasteiger partial charge in [0.05, 0.1) is 5.71 Å². The number of para-hydroxylation sites is 3. The zero-order valence-electron chi connectivity index (χ0n) is 13.9. The lowest BCUT2D eigenvalue weighted by molar-refractivity contribution is 0.485. The molecule has 1 heterocycles. The van der Waals surface area contributed by atoms with Crippen molar-refractivity contribution in [3.8, 4) is 11.5 Å². The third kappa shape index (κ3) is 2.61. The maximum atomic E-state index is 6.10. The van der Waals surface area contributed by atoms with E-state index in [1.165, 1.54) is 5.56 Å². The smallest absolute Gasteiger partial charge is 0.153 e. The molecule has 0 atom stereocenters. The Morgan fingerprint density at radius 2 is 1.42 bits per heavy atom. The molecule has 1 aliphatic heterocycles. The topological polar surface area (TPSA) is 21.6 Å². The Labute approximate surface area is 142 Å². The zero-order chi connectivity index (χ0) is 16.5. The van der Waals surface area contributed by atoms with E-state index in [0.29, 0.717) is 5.92 Å². The molecule has 0 saturated heterocycles. The molecule has 0 N–H and O–H groups in total. The number of rotatable bonds is 2. The molecule has 3 aromatic rings. The molecule has 118 valence electrons. The highest BCUT2D eigenvalue weighted by Gasteiger charge is 2.18. The first-order valence-electron chi connectivity index (χ1n) is 8.27. The van der Waals surface area contributed by atoms with Crippen LogP contribution in [0.15, 0.2) is 77.8 Å². The quantitative estimate of drug-likeness (QED) is 0.439. The lowest BCUT2D eigenvalue weighted by atomic mass is 9.97. The van der Waals surface area contributed by atoms with Crippen LogP contribution in [0.4, 0.5) is 5.69 Å². The highest BCUT2D eigenvalue weighted by atomic mass is 16.5. The summed E-state index contributed by atoms with van der Waals surface area (Å²) < 4.78 is 6.10. The van der Waals surface area contributed by atoms with E-state index in [9.17, 15) is 0 Å². The fourth-order valence-corrected chi connectivity index (χ4v) is 2.93. The Balaban J connectivity index is 1.90. The van der Waals surface area contributed by atoms with Crippen LogP contribution < -0.4 is 4.74 Å². The second-order valence-corrected chi connectivity index (χ2v) is 6.30. The number of hydrogen-bond acceptors (Lipinski definition) is 2. The predicted octanol–water partition coefficient (Wildman–Crippen LogP) is 6.08. The second kappa shape index (κ2) is 5.97. The van der Waals surface area contributed by atoms with Crippen molar-refractivity contribution in [1.82, 2.24) is 0 Å². The molecule has 0 unspecified atom stereocenters. The predicted molar refractivity (Wildman–Crippen MR) is 98.8 cm³/mol. The Morgan fingerprint density at radius 3 is 2.17 bits per heavy atom. The lowest BCUT2D eigenvalue weighted by Gasteiger charge is -2.11. The molecular weight excluding hydrogens is 294 g/mol. The first-order chi connectivity index (χ1) is 11.7. The average Bonchev–Trinajstić information content (AvgIpc) is 2.78. The fourth-order valence-electron chi connectivity index (χ4n) is 2.93. The van der Waals surface area contributed by atoms with Crippen LogP contribution in [-0.2, 0) is 0 Å². The number of benzene rings is 3. The van der Waals surface area contributed by atoms with E-state index in [4.69, 9.17) is 9.73 Å². The molecule has 0 amide bonds. The van der Waals surface area contributed by atoms with Gasteiger partial charge in [-0.05, 0) is 35.7 Å². The third-order valence-corrected chi connectivity index (χ3v) is 4.31. The molecule has 0 bridgehead atoms. The second-order valence-electron chi connectivity index (χ2n) is 6.30. The van der Waals surface area contributed by atoms with Crippen LogP contribution >= 0.6 is 0 Å². The summed E-state index contributed by atoms with van der Waals surface area (Å²) in [6, 6.07) is 24.7. The molecule has 0 spiro atoms. The first-order valence-corrected chi connectivity index (χ1v) is 8.27. The van der Waals surface area contributed by atoms with Gasteiger partial charge in [0.15, 0.2) is 5.75 Å². The van der Waals surface area contributed by atoms with Crippen LogP contribution in [0.25, 0.3) is 0 Å². The summed E-state index contributed by atoms with van der Waals surface area (Å²) in [6.45, 7) is 4.41. The van der Waals surface area contributed by atoms with Crippen LogP contribution in [0.5, 0.6) is 11.5 Å². The number of ether oxygens (including phenoxy) is 1. The van der Waals surface area contributed by atoms with Crippen molar-refractivity contribution < 1.29 is 4.74 Å². The van der Waals surface area contributed by atoms with E-state index >= 15 is 0 Å². The van der Waals surface area contributed by atoms with Gasteiger partial charge in [-0.25, -0.2) is 4.99 Å². The van der Waals surface area contributed by atoms with Crippen LogP contribution in [0.1, 0.15) is 36.5 Å². The third-order valence-electron chi connectivity index (χ3n) is 4.31. The van der Waals surface area contributed by atoms with Crippen LogP contribution in [0.2, 0.25) is 0 Å². The number of fused-ring (bicyclic) bond motifs is 2. The van der Waals surface area contributed by atoms with Crippen molar-refractivity contribution in [1.29, 1.82) is 0 Å². The molecule has 0 aromatic heterocycles. The summed E-state index contributed by atoms with van der Waals surface area (Å²) >= 11 is 0. The van der Waals surface area contributed by atoms with Gasteiger partial charge in [-0.3, -0.25) is 0 Å². The van der Waals surface area contributed by atoms with Crippen molar-refractivity contribution in [2.75, 3.05) is 0 Å². The molecule has 4 rings (SSSR count). The Morgan fingerprint density at radius 1 is 0.750 bits per heavy atom. The van der Waals surface area contributed by atoms with E-state index in [0.717, 1.165) is 34.0 Å². The minimum absolute atomic E-state index is 0.520. The van der Waals surface area contributed by atoms with Crippen LogP contribution in [0.3, 0.4) is 0 Å². The standard InChI is InChI=1S/C22H19NO/c1-15(2)16-11-13-17(14-12-16)22-18-7-3-5-9-20(18)24-21-10-6-4-8-19(21)23-22/h3-15H,1-2H3. The van der Waals surface area contributed by atoms with Gasteiger partial charge in [-0.15, -0.1) is 0 Å². The molecule has 0 aliphatic carbocycles. The SMILES string of the molecule is CC(C)c1ccc(C2=Nc3ccccc3Oc3ccccc32)cc1. The molecule has 0 saturated carbocycles. The lowest BCUT2D eigenvalue weighted by Crippen LogP contribution is -2.04. The van der Waals surface area contributed by atoms with Crippen molar-refractivity contribution in [2.45, 2.75) is 19.8 Å². The monoisotopic (exact) mass is 313 g/mol. The summed E-state index contributed by atoms with van der Waals surface area (Å²) in [5, 5.41) is 0. The summed E-state index contributed by atoms with van der Waals surface area (Å²) in [6.07, 6.45) is 0. The molecule has 1 aliphatic rings. The van der Waals surface area contributed by atoms with E-state index in [2.05, 4.69) is 44.2 Å². The Bertz CT molecular complexity index is 907. The van der Waals surface area contributed by atoms with Crippen molar-refractivity contribution in [2.24, 2.45) is 4.99 Å². The largest absolute Gasteiger partial charge is 0.454 e. The first kappa shape index (κ1) is 14.7.